The fourth-order valence-electron chi connectivity index (χ4n) is 2.98. The molecule has 0 radical (unpaired) electrons. The van der Waals surface area contributed by atoms with E-state index in [9.17, 15) is 4.79 Å². The SMILES string of the molecule is O=C1OC2C3C2C13c1ccccc1. The summed E-state index contributed by atoms with van der Waals surface area (Å²) in [6.07, 6.45) is 0.285. The third-order valence-corrected chi connectivity index (χ3v) is 3.73. The summed E-state index contributed by atoms with van der Waals surface area (Å²) < 4.78 is 5.19. The Hall–Kier alpha value is -1.31. The number of carbonyl (C=O) groups excluding carboxylic acids is 1. The highest BCUT2D eigenvalue weighted by Crippen LogP contribution is 2.83. The molecule has 2 saturated carbocycles. The third kappa shape index (κ3) is 0.443. The fourth-order valence-corrected chi connectivity index (χ4v) is 2.98. The van der Waals surface area contributed by atoms with Gasteiger partial charge in [0.1, 0.15) is 11.5 Å². The predicted octanol–water partition coefficient (Wildman–Crippen LogP) is 1.11. The molecule has 2 atom stereocenters. The maximum absolute atomic E-state index is 11.5. The summed E-state index contributed by atoms with van der Waals surface area (Å²) in [5.74, 6) is 1.07. The van der Waals surface area contributed by atoms with Crippen LogP contribution in [0.2, 0.25) is 0 Å². The lowest BCUT2D eigenvalue weighted by atomic mass is 9.88. The van der Waals surface area contributed by atoms with Crippen LogP contribution in [-0.2, 0) is 14.9 Å². The van der Waals surface area contributed by atoms with E-state index in [1.165, 1.54) is 0 Å². The Bertz CT molecular complexity index is 399. The molecule has 2 saturated heterocycles. The molecular weight excluding hydrogens is 164 g/mol. The van der Waals surface area contributed by atoms with Gasteiger partial charge < -0.3 is 4.74 Å². The van der Waals surface area contributed by atoms with E-state index in [0.717, 1.165) is 5.56 Å². The van der Waals surface area contributed by atoms with Crippen molar-refractivity contribution in [2.75, 3.05) is 0 Å². The zero-order valence-corrected chi connectivity index (χ0v) is 6.94. The number of hydrogen-bond acceptors (Lipinski definition) is 2. The van der Waals surface area contributed by atoms with Gasteiger partial charge in [0, 0.05) is 11.8 Å². The Morgan fingerprint density at radius 1 is 1.15 bits per heavy atom. The lowest BCUT2D eigenvalue weighted by molar-refractivity contribution is -0.139. The van der Waals surface area contributed by atoms with E-state index in [2.05, 4.69) is 0 Å². The second-order valence-electron chi connectivity index (χ2n) is 4.16. The van der Waals surface area contributed by atoms with E-state index < -0.39 is 0 Å². The molecule has 2 aliphatic heterocycles. The van der Waals surface area contributed by atoms with Crippen molar-refractivity contribution in [1.82, 2.24) is 0 Å². The Labute approximate surface area is 75.5 Å². The van der Waals surface area contributed by atoms with Gasteiger partial charge in [0.2, 0.25) is 0 Å². The minimum Gasteiger partial charge on any atom is -0.461 e. The van der Waals surface area contributed by atoms with Crippen molar-refractivity contribution in [1.29, 1.82) is 0 Å². The molecular formula is C11H8O2. The van der Waals surface area contributed by atoms with E-state index >= 15 is 0 Å². The summed E-state index contributed by atoms with van der Waals surface area (Å²) >= 11 is 0. The summed E-state index contributed by atoms with van der Waals surface area (Å²) in [5, 5.41) is 0. The maximum Gasteiger partial charge on any atom is 0.317 e. The molecule has 4 aliphatic rings. The Morgan fingerprint density at radius 3 is 2.38 bits per heavy atom. The van der Waals surface area contributed by atoms with Gasteiger partial charge in [0.25, 0.3) is 0 Å². The first-order chi connectivity index (χ1) is 6.37. The highest BCUT2D eigenvalue weighted by molar-refractivity contribution is 5.97. The first-order valence-corrected chi connectivity index (χ1v) is 4.63. The van der Waals surface area contributed by atoms with Crippen molar-refractivity contribution < 1.29 is 9.53 Å². The van der Waals surface area contributed by atoms with Gasteiger partial charge in [0.05, 0.1) is 0 Å². The Morgan fingerprint density at radius 2 is 1.85 bits per heavy atom. The van der Waals surface area contributed by atoms with E-state index in [1.54, 1.807) is 0 Å². The molecule has 13 heavy (non-hydrogen) atoms. The van der Waals surface area contributed by atoms with Crippen LogP contribution in [0.15, 0.2) is 30.3 Å². The fraction of sp³-hybridized carbons (Fsp3) is 0.364. The molecule has 2 heterocycles. The molecule has 4 fully saturated rings. The van der Waals surface area contributed by atoms with E-state index in [1.807, 2.05) is 30.3 Å². The molecule has 1 aromatic rings. The molecule has 64 valence electrons. The molecule has 1 aromatic carbocycles. The van der Waals surface area contributed by atoms with Crippen molar-refractivity contribution in [3.63, 3.8) is 0 Å². The Kier molecular flexibility index (Phi) is 0.724. The van der Waals surface area contributed by atoms with Crippen LogP contribution in [0.1, 0.15) is 5.56 Å². The van der Waals surface area contributed by atoms with Crippen LogP contribution in [0.25, 0.3) is 0 Å². The summed E-state index contributed by atoms with van der Waals surface area (Å²) in [6.45, 7) is 0. The Balaban J connectivity index is 1.89. The number of carbonyl (C=O) groups is 1. The molecule has 0 spiro atoms. The van der Waals surface area contributed by atoms with Crippen LogP contribution in [0.5, 0.6) is 0 Å². The second kappa shape index (κ2) is 1.52. The minimum absolute atomic E-state index is 0.0127. The summed E-state index contributed by atoms with van der Waals surface area (Å²) in [7, 11) is 0. The van der Waals surface area contributed by atoms with Crippen LogP contribution in [0.3, 0.4) is 0 Å². The van der Waals surface area contributed by atoms with Gasteiger partial charge in [-0.05, 0) is 5.56 Å². The molecule has 0 N–H and O–H groups in total. The minimum atomic E-state index is -0.189. The highest BCUT2D eigenvalue weighted by atomic mass is 16.6. The molecule has 0 aromatic heterocycles. The van der Waals surface area contributed by atoms with Gasteiger partial charge in [-0.1, -0.05) is 30.3 Å². The highest BCUT2D eigenvalue weighted by Gasteiger charge is 2.95. The van der Waals surface area contributed by atoms with Crippen LogP contribution >= 0.6 is 0 Å². The first-order valence-electron chi connectivity index (χ1n) is 4.63. The quantitative estimate of drug-likeness (QED) is 0.593. The van der Waals surface area contributed by atoms with Gasteiger partial charge in [-0.2, -0.15) is 0 Å². The standard InChI is InChI=1S/C11H8O2/c12-10-11(6-4-2-1-3-5-6)7-8(11)9(7)13-10/h1-5,7-9H. The summed E-state index contributed by atoms with van der Waals surface area (Å²) in [4.78, 5) is 11.5. The average molecular weight is 172 g/mol. The van der Waals surface area contributed by atoms with Crippen LogP contribution in [-0.4, -0.2) is 12.1 Å². The normalized spacial score (nSPS) is 48.3. The van der Waals surface area contributed by atoms with Crippen LogP contribution in [0.4, 0.5) is 0 Å². The summed E-state index contributed by atoms with van der Waals surface area (Å²) in [6, 6.07) is 10.0. The molecule has 2 unspecified atom stereocenters. The molecule has 2 aliphatic carbocycles. The lowest BCUT2D eigenvalue weighted by Gasteiger charge is -2.10. The third-order valence-electron chi connectivity index (χ3n) is 3.73. The average Bonchev–Trinajstić information content (AvgIpc) is 2.99. The predicted molar refractivity (Wildman–Crippen MR) is 45.0 cm³/mol. The zero-order chi connectivity index (χ0) is 8.63. The van der Waals surface area contributed by atoms with Gasteiger partial charge in [-0.15, -0.1) is 0 Å². The largest absolute Gasteiger partial charge is 0.461 e. The molecule has 5 rings (SSSR count). The van der Waals surface area contributed by atoms with E-state index in [4.69, 9.17) is 4.74 Å². The van der Waals surface area contributed by atoms with Gasteiger partial charge in [0.15, 0.2) is 0 Å². The lowest BCUT2D eigenvalue weighted by Crippen LogP contribution is -2.21. The van der Waals surface area contributed by atoms with Crippen molar-refractivity contribution in [2.24, 2.45) is 11.8 Å². The number of benzene rings is 1. The maximum atomic E-state index is 11.5. The van der Waals surface area contributed by atoms with Crippen LogP contribution < -0.4 is 0 Å². The topological polar surface area (TPSA) is 26.3 Å². The molecule has 2 heteroatoms. The molecule has 2 nitrogen and oxygen atoms in total. The van der Waals surface area contributed by atoms with Crippen LogP contribution in [0, 0.1) is 11.8 Å². The molecule has 0 amide bonds. The number of ether oxygens (including phenoxy) is 1. The second-order valence-corrected chi connectivity index (χ2v) is 4.16. The van der Waals surface area contributed by atoms with Gasteiger partial charge >= 0.3 is 5.97 Å². The number of rotatable bonds is 1. The number of hydrogen-bond donors (Lipinski definition) is 0. The number of esters is 1. The van der Waals surface area contributed by atoms with Crippen molar-refractivity contribution in [3.8, 4) is 0 Å². The van der Waals surface area contributed by atoms with Gasteiger partial charge in [-0.25, -0.2) is 0 Å². The number of fused-ring (bicyclic) bond motifs is 1. The van der Waals surface area contributed by atoms with Crippen molar-refractivity contribution in [2.45, 2.75) is 11.5 Å². The van der Waals surface area contributed by atoms with Crippen molar-refractivity contribution in [3.05, 3.63) is 35.9 Å². The first kappa shape index (κ1) is 6.19. The van der Waals surface area contributed by atoms with E-state index in [0.29, 0.717) is 11.8 Å². The van der Waals surface area contributed by atoms with Gasteiger partial charge in [-0.3, -0.25) is 4.79 Å². The summed E-state index contributed by atoms with van der Waals surface area (Å²) in [5.41, 5.74) is 0.968. The monoisotopic (exact) mass is 172 g/mol. The van der Waals surface area contributed by atoms with E-state index in [-0.39, 0.29) is 17.5 Å². The zero-order valence-electron chi connectivity index (χ0n) is 6.94. The molecule has 2 bridgehead atoms. The van der Waals surface area contributed by atoms with Crippen molar-refractivity contribution >= 4 is 5.97 Å². The smallest absolute Gasteiger partial charge is 0.317 e.